The van der Waals surface area contributed by atoms with E-state index in [-0.39, 0.29) is 36.4 Å². The molecule has 0 aromatic heterocycles. The summed E-state index contributed by atoms with van der Waals surface area (Å²) in [6, 6.07) is 0. The van der Waals surface area contributed by atoms with Crippen LogP contribution >= 0.6 is 0 Å². The quantitative estimate of drug-likeness (QED) is 0.479. The highest BCUT2D eigenvalue weighted by Crippen LogP contribution is 2.47. The minimum absolute atomic E-state index is 0.0163. The Bertz CT molecular complexity index is 817. The molecule has 0 radical (unpaired) electrons. The van der Waals surface area contributed by atoms with Crippen molar-refractivity contribution in [3.05, 3.63) is 11.8 Å². The molecule has 8 nitrogen and oxygen atoms in total. The second kappa shape index (κ2) is 10.5. The normalized spacial score (nSPS) is 46.0. The lowest BCUT2D eigenvalue weighted by Crippen LogP contribution is -2.68. The van der Waals surface area contributed by atoms with Crippen LogP contribution in [0.15, 0.2) is 11.8 Å². The van der Waals surface area contributed by atoms with Gasteiger partial charge in [0.1, 0.15) is 28.8 Å². The average molecular weight is 513 g/mol. The van der Waals surface area contributed by atoms with E-state index < -0.39 is 47.2 Å². The minimum Gasteiger partial charge on any atom is -0.494 e. The summed E-state index contributed by atoms with van der Waals surface area (Å²) in [5.41, 5.74) is -4.18. The van der Waals surface area contributed by atoms with E-state index >= 15 is 0 Å². The van der Waals surface area contributed by atoms with E-state index in [0.29, 0.717) is 0 Å². The fraction of sp³-hybridized carbons (Fsp3) is 0.893. The Labute approximate surface area is 216 Å². The first-order chi connectivity index (χ1) is 16.5. The molecule has 1 aliphatic carbocycles. The monoisotopic (exact) mass is 512 g/mol. The number of allylic oxidation sites excluding steroid dienone is 2. The van der Waals surface area contributed by atoms with Gasteiger partial charge in [0.15, 0.2) is 6.29 Å². The molecule has 2 aliphatic heterocycles. The van der Waals surface area contributed by atoms with Crippen molar-refractivity contribution in [2.45, 2.75) is 123 Å². The zero-order valence-corrected chi connectivity index (χ0v) is 23.5. The Morgan fingerprint density at radius 2 is 1.78 bits per heavy atom. The predicted molar refractivity (Wildman–Crippen MR) is 135 cm³/mol. The first kappa shape index (κ1) is 29.4. The molecule has 36 heavy (non-hydrogen) atoms. The van der Waals surface area contributed by atoms with Crippen LogP contribution < -0.4 is 0 Å². The van der Waals surface area contributed by atoms with Gasteiger partial charge >= 0.3 is 5.97 Å². The van der Waals surface area contributed by atoms with Gasteiger partial charge in [0, 0.05) is 12.3 Å². The fourth-order valence-corrected chi connectivity index (χ4v) is 6.05. The molecule has 0 bridgehead atoms. The number of carbonyl (C=O) groups excluding carboxylic acids is 1. The van der Waals surface area contributed by atoms with E-state index in [4.69, 9.17) is 18.9 Å². The fourth-order valence-electron chi connectivity index (χ4n) is 6.05. The third kappa shape index (κ3) is 5.48. The molecule has 3 aliphatic rings. The van der Waals surface area contributed by atoms with Crippen molar-refractivity contribution in [1.29, 1.82) is 0 Å². The Hall–Kier alpha value is -1.19. The van der Waals surface area contributed by atoms with Crippen LogP contribution in [-0.2, 0) is 23.7 Å². The van der Waals surface area contributed by atoms with Crippen LogP contribution in [-0.4, -0.2) is 69.8 Å². The van der Waals surface area contributed by atoms with Crippen LogP contribution in [0.1, 0.15) is 81.6 Å². The summed E-state index contributed by atoms with van der Waals surface area (Å²) in [5.74, 6) is 0.517. The second-order valence-corrected chi connectivity index (χ2v) is 12.8. The first-order valence-corrected chi connectivity index (χ1v) is 13.5. The zero-order chi connectivity index (χ0) is 27.2. The van der Waals surface area contributed by atoms with E-state index in [0.717, 1.165) is 25.0 Å². The number of esters is 1. The molecule has 3 N–H and O–H groups in total. The number of rotatable bonds is 5. The summed E-state index contributed by atoms with van der Waals surface area (Å²) >= 11 is 0. The van der Waals surface area contributed by atoms with Crippen LogP contribution in [0.2, 0.25) is 0 Å². The van der Waals surface area contributed by atoms with Crippen molar-refractivity contribution < 1.29 is 39.1 Å². The van der Waals surface area contributed by atoms with Gasteiger partial charge in [-0.25, -0.2) is 0 Å². The molecule has 0 aromatic carbocycles. The summed E-state index contributed by atoms with van der Waals surface area (Å²) in [6.07, 6.45) is 0.310. The molecular formula is C28H48O8. The standard InChI is InChI=1S/C28H48O8/c1-10-18-12-11-15(2)21(34-18)19-16(3)13-17(4)22(20(19)29)35-24-23(30)28(9,27(8,32)14-33-24)25(31)36-26(5,6)7/h12,15-17,19-24,29-30,32H,10-11,13-14H2,1-9H3. The van der Waals surface area contributed by atoms with Crippen molar-refractivity contribution in [3.8, 4) is 0 Å². The molecule has 208 valence electrons. The van der Waals surface area contributed by atoms with E-state index in [1.807, 2.05) is 6.92 Å². The number of aliphatic hydroxyl groups excluding tert-OH is 2. The van der Waals surface area contributed by atoms with Gasteiger partial charge in [0.2, 0.25) is 0 Å². The number of carbonyl (C=O) groups is 1. The molecule has 1 saturated heterocycles. The van der Waals surface area contributed by atoms with Gasteiger partial charge in [0.05, 0.1) is 24.6 Å². The predicted octanol–water partition coefficient (Wildman–Crippen LogP) is 3.56. The number of ether oxygens (including phenoxy) is 4. The first-order valence-electron chi connectivity index (χ1n) is 13.5. The molecule has 2 fully saturated rings. The molecular weight excluding hydrogens is 464 g/mol. The second-order valence-electron chi connectivity index (χ2n) is 12.8. The maximum atomic E-state index is 13.2. The lowest BCUT2D eigenvalue weighted by atomic mass is 9.66. The molecule has 11 unspecified atom stereocenters. The Balaban J connectivity index is 1.83. The third-order valence-corrected chi connectivity index (χ3v) is 8.60. The van der Waals surface area contributed by atoms with Crippen LogP contribution in [0.5, 0.6) is 0 Å². The van der Waals surface area contributed by atoms with Gasteiger partial charge in [-0.1, -0.05) is 27.7 Å². The summed E-state index contributed by atoms with van der Waals surface area (Å²) in [5, 5.41) is 34.0. The van der Waals surface area contributed by atoms with Crippen LogP contribution in [0.4, 0.5) is 0 Å². The lowest BCUT2D eigenvalue weighted by Gasteiger charge is -2.52. The van der Waals surface area contributed by atoms with Gasteiger partial charge in [0.25, 0.3) is 0 Å². The molecule has 2 heterocycles. The summed E-state index contributed by atoms with van der Waals surface area (Å²) in [6.45, 7) is 16.3. The number of hydrogen-bond acceptors (Lipinski definition) is 8. The number of hydrogen-bond donors (Lipinski definition) is 3. The zero-order valence-electron chi connectivity index (χ0n) is 23.5. The smallest absolute Gasteiger partial charge is 0.318 e. The third-order valence-electron chi connectivity index (χ3n) is 8.60. The minimum atomic E-state index is -1.69. The molecule has 0 spiro atoms. The van der Waals surface area contributed by atoms with E-state index in [1.165, 1.54) is 13.8 Å². The molecule has 3 rings (SSSR count). The van der Waals surface area contributed by atoms with E-state index in [9.17, 15) is 20.1 Å². The Morgan fingerprint density at radius 1 is 1.14 bits per heavy atom. The average Bonchev–Trinajstić information content (AvgIpc) is 2.76. The van der Waals surface area contributed by atoms with Crippen LogP contribution in [0.3, 0.4) is 0 Å². The maximum Gasteiger partial charge on any atom is 0.318 e. The van der Waals surface area contributed by atoms with Crippen molar-refractivity contribution in [2.75, 3.05) is 6.61 Å². The molecule has 8 heteroatoms. The largest absolute Gasteiger partial charge is 0.494 e. The van der Waals surface area contributed by atoms with Crippen molar-refractivity contribution in [2.24, 2.45) is 29.1 Å². The van der Waals surface area contributed by atoms with Gasteiger partial charge in [-0.2, -0.15) is 0 Å². The Morgan fingerprint density at radius 3 is 2.36 bits per heavy atom. The van der Waals surface area contributed by atoms with Gasteiger partial charge in [-0.05, 0) is 71.3 Å². The van der Waals surface area contributed by atoms with Gasteiger partial charge in [-0.3, -0.25) is 4.79 Å². The van der Waals surface area contributed by atoms with Crippen LogP contribution in [0.25, 0.3) is 0 Å². The summed E-state index contributed by atoms with van der Waals surface area (Å²) < 4.78 is 23.9. The topological polar surface area (TPSA) is 115 Å². The van der Waals surface area contributed by atoms with Gasteiger partial charge in [-0.15, -0.1) is 0 Å². The molecule has 11 atom stereocenters. The lowest BCUT2D eigenvalue weighted by molar-refractivity contribution is -0.330. The van der Waals surface area contributed by atoms with E-state index in [1.54, 1.807) is 20.8 Å². The summed E-state index contributed by atoms with van der Waals surface area (Å²) in [4.78, 5) is 13.2. The highest BCUT2D eigenvalue weighted by molar-refractivity contribution is 5.79. The van der Waals surface area contributed by atoms with Gasteiger partial charge < -0.3 is 34.3 Å². The highest BCUT2D eigenvalue weighted by atomic mass is 16.7. The van der Waals surface area contributed by atoms with Crippen molar-refractivity contribution in [3.63, 3.8) is 0 Å². The maximum absolute atomic E-state index is 13.2. The molecule has 1 saturated carbocycles. The molecule has 0 aromatic rings. The summed E-state index contributed by atoms with van der Waals surface area (Å²) in [7, 11) is 0. The number of aliphatic hydroxyl groups is 3. The SMILES string of the molecule is CCC1=CCC(C)C(C2C(C)CC(C)C(OC3OCC(C)(O)C(C)(C(=O)OC(C)(C)C)C3O)C2O)O1. The molecule has 0 amide bonds. The van der Waals surface area contributed by atoms with E-state index in [2.05, 4.69) is 26.8 Å². The van der Waals surface area contributed by atoms with Crippen molar-refractivity contribution in [1.82, 2.24) is 0 Å². The Kier molecular flexibility index (Phi) is 8.58. The van der Waals surface area contributed by atoms with Crippen molar-refractivity contribution >= 4 is 5.97 Å². The van der Waals surface area contributed by atoms with Crippen LogP contribution in [0, 0.1) is 29.1 Å². The highest BCUT2D eigenvalue weighted by Gasteiger charge is 2.63.